The number of benzene rings is 1. The molecule has 1 saturated carbocycles. The molecule has 0 bridgehead atoms. The first-order chi connectivity index (χ1) is 11.7. The van der Waals surface area contributed by atoms with Crippen molar-refractivity contribution < 1.29 is 9.53 Å². The van der Waals surface area contributed by atoms with Gasteiger partial charge in [-0.25, -0.2) is 0 Å². The Kier molecular flexibility index (Phi) is 4.31. The van der Waals surface area contributed by atoms with Gasteiger partial charge in [-0.15, -0.1) is 11.3 Å². The van der Waals surface area contributed by atoms with Crippen molar-refractivity contribution in [1.29, 1.82) is 0 Å². The van der Waals surface area contributed by atoms with Crippen LogP contribution in [0.1, 0.15) is 55.0 Å². The van der Waals surface area contributed by atoms with Crippen molar-refractivity contribution >= 4 is 17.2 Å². The number of ether oxygens (including phenoxy) is 1. The molecule has 0 saturated heterocycles. The van der Waals surface area contributed by atoms with Gasteiger partial charge in [0, 0.05) is 16.9 Å². The van der Waals surface area contributed by atoms with E-state index in [4.69, 9.17) is 4.74 Å². The number of carbonyl (C=O) groups excluding carboxylic acids is 1. The summed E-state index contributed by atoms with van der Waals surface area (Å²) in [4.78, 5) is 13.6. The van der Waals surface area contributed by atoms with Crippen LogP contribution in [-0.2, 0) is 11.2 Å². The molecule has 4 heteroatoms. The Labute approximate surface area is 147 Å². The fourth-order valence-electron chi connectivity index (χ4n) is 4.07. The normalized spacial score (nSPS) is 21.8. The van der Waals surface area contributed by atoms with Crippen LogP contribution in [0.25, 0.3) is 0 Å². The minimum absolute atomic E-state index is 0.0560. The van der Waals surface area contributed by atoms with Crippen LogP contribution in [0.5, 0.6) is 5.75 Å². The lowest BCUT2D eigenvalue weighted by Gasteiger charge is -2.44. The van der Waals surface area contributed by atoms with Crippen molar-refractivity contribution in [1.82, 2.24) is 5.32 Å². The van der Waals surface area contributed by atoms with Gasteiger partial charge in [-0.2, -0.15) is 0 Å². The quantitative estimate of drug-likeness (QED) is 0.883. The summed E-state index contributed by atoms with van der Waals surface area (Å²) in [6.07, 6.45) is 7.28. The van der Waals surface area contributed by atoms with E-state index in [1.807, 2.05) is 35.7 Å². The lowest BCUT2D eigenvalue weighted by atomic mass is 9.77. The summed E-state index contributed by atoms with van der Waals surface area (Å²) in [7, 11) is 0. The highest BCUT2D eigenvalue weighted by Gasteiger charge is 2.42. The van der Waals surface area contributed by atoms with E-state index in [1.54, 1.807) is 11.3 Å². The second-order valence-electron chi connectivity index (χ2n) is 6.96. The number of rotatable bonds is 3. The molecule has 1 aromatic carbocycles. The van der Waals surface area contributed by atoms with Gasteiger partial charge in [0.05, 0.1) is 12.5 Å². The van der Waals surface area contributed by atoms with Gasteiger partial charge >= 0.3 is 0 Å². The number of nitrogens with one attached hydrogen (secondary N) is 1. The molecule has 1 aromatic heterocycles. The molecule has 2 aliphatic rings. The maximum Gasteiger partial charge on any atom is 0.225 e. The Hall–Kier alpha value is -1.81. The molecule has 1 atom stereocenters. The highest BCUT2D eigenvalue weighted by Crippen LogP contribution is 2.46. The smallest absolute Gasteiger partial charge is 0.225 e. The third-order valence-electron chi connectivity index (χ3n) is 5.21. The summed E-state index contributed by atoms with van der Waals surface area (Å²) < 4.78 is 6.43. The Bertz CT molecular complexity index is 704. The van der Waals surface area contributed by atoms with E-state index in [0.29, 0.717) is 6.42 Å². The predicted octanol–water partition coefficient (Wildman–Crippen LogP) is 4.63. The SMILES string of the molecule is O=C(Cc1cccs1)N[C@@H]1CC2(CCCCC2)Oc2ccccc21. The van der Waals surface area contributed by atoms with E-state index < -0.39 is 0 Å². The summed E-state index contributed by atoms with van der Waals surface area (Å²) >= 11 is 1.63. The molecule has 1 N–H and O–H groups in total. The third kappa shape index (κ3) is 3.20. The maximum absolute atomic E-state index is 12.5. The van der Waals surface area contributed by atoms with Crippen LogP contribution < -0.4 is 10.1 Å². The first kappa shape index (κ1) is 15.7. The lowest BCUT2D eigenvalue weighted by molar-refractivity contribution is -0.122. The first-order valence-electron chi connectivity index (χ1n) is 8.84. The van der Waals surface area contributed by atoms with Crippen LogP contribution in [0, 0.1) is 0 Å². The summed E-state index contributed by atoms with van der Waals surface area (Å²) in [5.74, 6) is 1.05. The van der Waals surface area contributed by atoms with Gasteiger partial charge in [0.15, 0.2) is 0 Å². The molecule has 1 spiro atoms. The number of carbonyl (C=O) groups is 1. The van der Waals surface area contributed by atoms with Crippen LogP contribution in [0.4, 0.5) is 0 Å². The summed E-state index contributed by atoms with van der Waals surface area (Å²) in [5.41, 5.74) is 1.03. The zero-order valence-electron chi connectivity index (χ0n) is 13.8. The second-order valence-corrected chi connectivity index (χ2v) is 8.00. The van der Waals surface area contributed by atoms with Gasteiger partial charge in [0.1, 0.15) is 11.4 Å². The zero-order valence-corrected chi connectivity index (χ0v) is 14.6. The van der Waals surface area contributed by atoms with E-state index in [-0.39, 0.29) is 17.6 Å². The van der Waals surface area contributed by atoms with E-state index in [0.717, 1.165) is 35.5 Å². The average Bonchev–Trinajstić information content (AvgIpc) is 3.08. The molecule has 4 rings (SSSR count). The van der Waals surface area contributed by atoms with Gasteiger partial charge in [-0.3, -0.25) is 4.79 Å². The van der Waals surface area contributed by atoms with Gasteiger partial charge in [-0.05, 0) is 43.2 Å². The second kappa shape index (κ2) is 6.60. The summed E-state index contributed by atoms with van der Waals surface area (Å²) in [5, 5.41) is 5.29. The van der Waals surface area contributed by atoms with Crippen molar-refractivity contribution in [2.24, 2.45) is 0 Å². The van der Waals surface area contributed by atoms with Gasteiger partial charge in [0.25, 0.3) is 0 Å². The fourth-order valence-corrected chi connectivity index (χ4v) is 4.77. The highest BCUT2D eigenvalue weighted by atomic mass is 32.1. The van der Waals surface area contributed by atoms with Crippen molar-refractivity contribution in [3.8, 4) is 5.75 Å². The number of thiophene rings is 1. The van der Waals surface area contributed by atoms with Crippen molar-refractivity contribution in [3.63, 3.8) is 0 Å². The lowest BCUT2D eigenvalue weighted by Crippen LogP contribution is -2.46. The Balaban J connectivity index is 1.55. The van der Waals surface area contributed by atoms with E-state index in [2.05, 4.69) is 11.4 Å². The van der Waals surface area contributed by atoms with Crippen LogP contribution in [0.15, 0.2) is 41.8 Å². The standard InChI is InChI=1S/C20H23NO2S/c22-19(13-15-7-6-12-24-15)21-17-14-20(10-4-1-5-11-20)23-18-9-3-2-8-16(17)18/h2-3,6-9,12,17H,1,4-5,10-11,13-14H2,(H,21,22)/t17-/m1/s1. The number of fused-ring (bicyclic) bond motifs is 1. The topological polar surface area (TPSA) is 38.3 Å². The molecule has 3 nitrogen and oxygen atoms in total. The first-order valence-corrected chi connectivity index (χ1v) is 9.72. The highest BCUT2D eigenvalue weighted by molar-refractivity contribution is 7.10. The van der Waals surface area contributed by atoms with Crippen LogP contribution in [-0.4, -0.2) is 11.5 Å². The van der Waals surface area contributed by atoms with Gasteiger partial charge < -0.3 is 10.1 Å². The molecule has 24 heavy (non-hydrogen) atoms. The molecule has 1 amide bonds. The van der Waals surface area contributed by atoms with Gasteiger partial charge in [0.2, 0.25) is 5.91 Å². The largest absolute Gasteiger partial charge is 0.487 e. The molecule has 0 radical (unpaired) electrons. The third-order valence-corrected chi connectivity index (χ3v) is 6.09. The van der Waals surface area contributed by atoms with Crippen molar-refractivity contribution in [3.05, 3.63) is 52.2 Å². The minimum atomic E-state index is -0.0898. The molecule has 0 unspecified atom stereocenters. The number of hydrogen-bond acceptors (Lipinski definition) is 3. The van der Waals surface area contributed by atoms with Crippen LogP contribution in [0.2, 0.25) is 0 Å². The Morgan fingerprint density at radius 1 is 1.17 bits per heavy atom. The fraction of sp³-hybridized carbons (Fsp3) is 0.450. The monoisotopic (exact) mass is 341 g/mol. The van der Waals surface area contributed by atoms with Crippen molar-refractivity contribution in [2.45, 2.75) is 56.6 Å². The van der Waals surface area contributed by atoms with E-state index in [1.165, 1.54) is 19.3 Å². The minimum Gasteiger partial charge on any atom is -0.487 e. The number of hydrogen-bond donors (Lipinski definition) is 1. The maximum atomic E-state index is 12.5. The number of amides is 1. The predicted molar refractivity (Wildman–Crippen MR) is 96.4 cm³/mol. The number of para-hydroxylation sites is 1. The van der Waals surface area contributed by atoms with Crippen molar-refractivity contribution in [2.75, 3.05) is 0 Å². The van der Waals surface area contributed by atoms with E-state index >= 15 is 0 Å². The summed E-state index contributed by atoms with van der Waals surface area (Å²) in [6.45, 7) is 0. The van der Waals surface area contributed by atoms with Crippen LogP contribution in [0.3, 0.4) is 0 Å². The van der Waals surface area contributed by atoms with Gasteiger partial charge in [-0.1, -0.05) is 30.7 Å². The Morgan fingerprint density at radius 2 is 2.00 bits per heavy atom. The molecule has 2 aromatic rings. The van der Waals surface area contributed by atoms with E-state index in [9.17, 15) is 4.79 Å². The molecule has 1 fully saturated rings. The van der Waals surface area contributed by atoms with Crippen LogP contribution >= 0.6 is 11.3 Å². The summed E-state index contributed by atoms with van der Waals surface area (Å²) in [6, 6.07) is 12.2. The Morgan fingerprint density at radius 3 is 2.79 bits per heavy atom. The molecule has 2 heterocycles. The molecule has 126 valence electrons. The molecular formula is C20H23NO2S. The average molecular weight is 341 g/mol. The molecular weight excluding hydrogens is 318 g/mol. The zero-order chi connectivity index (χ0) is 16.4. The molecule has 1 aliphatic carbocycles. The molecule has 1 aliphatic heterocycles.